The van der Waals surface area contributed by atoms with Gasteiger partial charge in [-0.15, -0.1) is 0 Å². The van der Waals surface area contributed by atoms with Crippen LogP contribution < -0.4 is 0 Å². The first-order valence-corrected chi connectivity index (χ1v) is 5.56. The van der Waals surface area contributed by atoms with Crippen LogP contribution in [-0.4, -0.2) is 9.97 Å². The fourth-order valence-electron chi connectivity index (χ4n) is 1.51. The van der Waals surface area contributed by atoms with Gasteiger partial charge in [-0.1, -0.05) is 20.8 Å². The largest absolute Gasteiger partial charge is 0.237 e. The molecule has 1 aromatic heterocycles. The molecule has 0 atom stereocenters. The second-order valence-corrected chi connectivity index (χ2v) is 5.02. The molecule has 0 radical (unpaired) electrons. The van der Waals surface area contributed by atoms with E-state index in [4.69, 9.17) is 0 Å². The zero-order valence-electron chi connectivity index (χ0n) is 10.2. The molecule has 0 aliphatic rings. The number of rotatable bonds is 1. The number of nitrogens with zero attached hydrogens (tertiary/aromatic N) is 2. The topological polar surface area (TPSA) is 25.8 Å². The fourth-order valence-corrected chi connectivity index (χ4v) is 1.51. The van der Waals surface area contributed by atoms with Gasteiger partial charge in [0.25, 0.3) is 0 Å². The first kappa shape index (κ1) is 11.7. The molecule has 0 unspecified atom stereocenters. The van der Waals surface area contributed by atoms with Crippen molar-refractivity contribution in [2.45, 2.75) is 26.2 Å². The van der Waals surface area contributed by atoms with Gasteiger partial charge in [0.15, 0.2) is 5.82 Å². The smallest absolute Gasteiger partial charge is 0.159 e. The van der Waals surface area contributed by atoms with E-state index in [1.54, 1.807) is 18.3 Å². The van der Waals surface area contributed by atoms with Crippen molar-refractivity contribution in [3.8, 4) is 11.4 Å². The number of benzene rings is 1. The molecule has 2 aromatic rings. The van der Waals surface area contributed by atoms with E-state index in [0.717, 1.165) is 11.3 Å². The molecule has 1 heterocycles. The van der Waals surface area contributed by atoms with Gasteiger partial charge in [0.2, 0.25) is 0 Å². The molecule has 1 aromatic carbocycles. The second-order valence-electron chi connectivity index (χ2n) is 5.02. The van der Waals surface area contributed by atoms with Gasteiger partial charge in [-0.2, -0.15) is 0 Å². The first-order valence-electron chi connectivity index (χ1n) is 5.56. The van der Waals surface area contributed by atoms with Gasteiger partial charge in [0, 0.05) is 22.9 Å². The normalized spacial score (nSPS) is 11.5. The zero-order chi connectivity index (χ0) is 12.5. The molecule has 0 bridgehead atoms. The summed E-state index contributed by atoms with van der Waals surface area (Å²) in [5.41, 5.74) is 1.79. The van der Waals surface area contributed by atoms with Crippen LogP contribution in [0.1, 0.15) is 26.5 Å². The maximum Gasteiger partial charge on any atom is 0.159 e. The van der Waals surface area contributed by atoms with Crippen LogP contribution in [0, 0.1) is 5.82 Å². The van der Waals surface area contributed by atoms with Gasteiger partial charge in [-0.3, -0.25) is 0 Å². The van der Waals surface area contributed by atoms with Crippen LogP contribution >= 0.6 is 0 Å². The van der Waals surface area contributed by atoms with E-state index in [1.165, 1.54) is 12.1 Å². The molecule has 88 valence electrons. The SMILES string of the molecule is CC(C)(C)c1ccnc(-c2ccc(F)cc2)n1. The maximum absolute atomic E-state index is 12.8. The Kier molecular flexibility index (Phi) is 2.92. The highest BCUT2D eigenvalue weighted by Crippen LogP contribution is 2.22. The second kappa shape index (κ2) is 4.24. The van der Waals surface area contributed by atoms with Gasteiger partial charge in [0.05, 0.1) is 0 Å². The molecule has 0 saturated heterocycles. The maximum atomic E-state index is 12.8. The summed E-state index contributed by atoms with van der Waals surface area (Å²) in [7, 11) is 0. The van der Waals surface area contributed by atoms with Crippen LogP contribution in [0.25, 0.3) is 11.4 Å². The Hall–Kier alpha value is -1.77. The summed E-state index contributed by atoms with van der Waals surface area (Å²) in [4.78, 5) is 8.73. The quantitative estimate of drug-likeness (QED) is 0.748. The Labute approximate surface area is 101 Å². The predicted molar refractivity (Wildman–Crippen MR) is 66.1 cm³/mol. The van der Waals surface area contributed by atoms with Gasteiger partial charge in [-0.05, 0) is 30.3 Å². The molecule has 3 heteroatoms. The van der Waals surface area contributed by atoms with Crippen molar-refractivity contribution in [3.05, 3.63) is 48.0 Å². The van der Waals surface area contributed by atoms with Gasteiger partial charge < -0.3 is 0 Å². The average molecular weight is 230 g/mol. The third-order valence-corrected chi connectivity index (χ3v) is 2.53. The summed E-state index contributed by atoms with van der Waals surface area (Å²) in [6.45, 7) is 6.30. The standard InChI is InChI=1S/C14H15FN2/c1-14(2,3)12-8-9-16-13(17-12)10-4-6-11(15)7-5-10/h4-9H,1-3H3. The zero-order valence-corrected chi connectivity index (χ0v) is 10.2. The molecule has 0 spiro atoms. The number of aromatic nitrogens is 2. The lowest BCUT2D eigenvalue weighted by Crippen LogP contribution is -2.14. The lowest BCUT2D eigenvalue weighted by atomic mass is 9.92. The highest BCUT2D eigenvalue weighted by Gasteiger charge is 2.16. The Morgan fingerprint density at radius 2 is 1.65 bits per heavy atom. The summed E-state index contributed by atoms with van der Waals surface area (Å²) >= 11 is 0. The summed E-state index contributed by atoms with van der Waals surface area (Å²) in [5, 5.41) is 0. The number of hydrogen-bond acceptors (Lipinski definition) is 2. The van der Waals surface area contributed by atoms with Gasteiger partial charge in [-0.25, -0.2) is 14.4 Å². The molecule has 0 amide bonds. The van der Waals surface area contributed by atoms with E-state index in [2.05, 4.69) is 30.7 Å². The molecular formula is C14H15FN2. The van der Waals surface area contributed by atoms with E-state index in [9.17, 15) is 4.39 Å². The molecule has 0 saturated carbocycles. The van der Waals surface area contributed by atoms with E-state index in [0.29, 0.717) is 5.82 Å². The monoisotopic (exact) mass is 230 g/mol. The molecule has 17 heavy (non-hydrogen) atoms. The minimum absolute atomic E-state index is 0.0162. The van der Waals surface area contributed by atoms with Crippen LogP contribution in [0.2, 0.25) is 0 Å². The third-order valence-electron chi connectivity index (χ3n) is 2.53. The highest BCUT2D eigenvalue weighted by molar-refractivity contribution is 5.54. The third kappa shape index (κ3) is 2.67. The predicted octanol–water partition coefficient (Wildman–Crippen LogP) is 3.58. The highest BCUT2D eigenvalue weighted by atomic mass is 19.1. The minimum atomic E-state index is -0.249. The van der Waals surface area contributed by atoms with E-state index >= 15 is 0 Å². The Morgan fingerprint density at radius 1 is 1.00 bits per heavy atom. The van der Waals surface area contributed by atoms with Crippen molar-refractivity contribution < 1.29 is 4.39 Å². The lowest BCUT2D eigenvalue weighted by Gasteiger charge is -2.17. The van der Waals surface area contributed by atoms with Crippen LogP contribution in [0.15, 0.2) is 36.5 Å². The van der Waals surface area contributed by atoms with Crippen molar-refractivity contribution in [2.24, 2.45) is 0 Å². The fraction of sp³-hybridized carbons (Fsp3) is 0.286. The summed E-state index contributed by atoms with van der Waals surface area (Å²) in [6, 6.07) is 8.13. The van der Waals surface area contributed by atoms with Crippen LogP contribution in [0.4, 0.5) is 4.39 Å². The van der Waals surface area contributed by atoms with Crippen LogP contribution in [-0.2, 0) is 5.41 Å². The molecule has 2 rings (SSSR count). The van der Waals surface area contributed by atoms with E-state index in [1.807, 2.05) is 6.07 Å². The van der Waals surface area contributed by atoms with Crippen LogP contribution in [0.5, 0.6) is 0 Å². The molecular weight excluding hydrogens is 215 g/mol. The van der Waals surface area contributed by atoms with Crippen molar-refractivity contribution in [3.63, 3.8) is 0 Å². The van der Waals surface area contributed by atoms with Crippen molar-refractivity contribution in [2.75, 3.05) is 0 Å². The first-order chi connectivity index (χ1) is 7.97. The lowest BCUT2D eigenvalue weighted by molar-refractivity contribution is 0.568. The van der Waals surface area contributed by atoms with Crippen molar-refractivity contribution >= 4 is 0 Å². The molecule has 0 fully saturated rings. The molecule has 0 aliphatic heterocycles. The summed E-state index contributed by atoms with van der Waals surface area (Å²) < 4.78 is 12.8. The number of halogens is 1. The molecule has 0 aliphatic carbocycles. The van der Waals surface area contributed by atoms with Crippen molar-refractivity contribution in [1.82, 2.24) is 9.97 Å². The molecule has 2 nitrogen and oxygen atoms in total. The minimum Gasteiger partial charge on any atom is -0.237 e. The van der Waals surface area contributed by atoms with E-state index in [-0.39, 0.29) is 11.2 Å². The van der Waals surface area contributed by atoms with Crippen LogP contribution in [0.3, 0.4) is 0 Å². The average Bonchev–Trinajstić information content (AvgIpc) is 2.29. The molecule has 0 N–H and O–H groups in total. The Bertz CT molecular complexity index is 512. The summed E-state index contributed by atoms with van der Waals surface area (Å²) in [6.07, 6.45) is 1.74. The Balaban J connectivity index is 2.43. The Morgan fingerprint density at radius 3 is 2.24 bits per heavy atom. The van der Waals surface area contributed by atoms with Gasteiger partial charge in [0.1, 0.15) is 5.82 Å². The summed E-state index contributed by atoms with van der Waals surface area (Å²) in [5.74, 6) is 0.387. The van der Waals surface area contributed by atoms with Gasteiger partial charge >= 0.3 is 0 Å². The number of hydrogen-bond donors (Lipinski definition) is 0. The van der Waals surface area contributed by atoms with Crippen molar-refractivity contribution in [1.29, 1.82) is 0 Å². The van der Waals surface area contributed by atoms with E-state index < -0.39 is 0 Å².